The lowest BCUT2D eigenvalue weighted by atomic mass is 9.99. The topological polar surface area (TPSA) is 75.4 Å². The van der Waals surface area contributed by atoms with E-state index < -0.39 is 0 Å². The summed E-state index contributed by atoms with van der Waals surface area (Å²) in [6, 6.07) is 7.57. The van der Waals surface area contributed by atoms with Crippen LogP contribution in [0, 0.1) is 0 Å². The SMILES string of the molecule is CCC(=O)N1CSCC1C(=O)NCC(N)c1ccc(C(C)C)cc1.Cl. The molecule has 1 fully saturated rings. The summed E-state index contributed by atoms with van der Waals surface area (Å²) >= 11 is 1.61. The molecule has 7 heteroatoms. The Labute approximate surface area is 160 Å². The fourth-order valence-corrected chi connectivity index (χ4v) is 3.86. The summed E-state index contributed by atoms with van der Waals surface area (Å²) in [5, 5.41) is 2.90. The molecule has 140 valence electrons. The number of nitrogens with one attached hydrogen (secondary N) is 1. The van der Waals surface area contributed by atoms with Gasteiger partial charge >= 0.3 is 0 Å². The first-order valence-electron chi connectivity index (χ1n) is 8.44. The van der Waals surface area contributed by atoms with Gasteiger partial charge in [0.05, 0.1) is 5.88 Å². The van der Waals surface area contributed by atoms with E-state index in [1.807, 2.05) is 19.1 Å². The highest BCUT2D eigenvalue weighted by atomic mass is 35.5. The van der Waals surface area contributed by atoms with Crippen molar-refractivity contribution in [2.45, 2.75) is 45.2 Å². The molecular formula is C18H28ClN3O2S. The molecule has 0 spiro atoms. The van der Waals surface area contributed by atoms with E-state index in [-0.39, 0.29) is 36.3 Å². The number of hydrogen-bond donors (Lipinski definition) is 2. The fraction of sp³-hybridized carbons (Fsp3) is 0.556. The first-order chi connectivity index (χ1) is 11.4. The Hall–Kier alpha value is -1.24. The number of nitrogens with two attached hydrogens (primary N) is 1. The molecule has 1 saturated heterocycles. The summed E-state index contributed by atoms with van der Waals surface area (Å²) in [5.41, 5.74) is 8.46. The maximum absolute atomic E-state index is 12.4. The molecule has 2 amide bonds. The van der Waals surface area contributed by atoms with Crippen molar-refractivity contribution in [1.82, 2.24) is 10.2 Å². The van der Waals surface area contributed by atoms with Gasteiger partial charge in [-0.15, -0.1) is 24.2 Å². The van der Waals surface area contributed by atoms with Gasteiger partial charge in [0.1, 0.15) is 6.04 Å². The molecule has 0 aromatic heterocycles. The van der Waals surface area contributed by atoms with Crippen molar-refractivity contribution < 1.29 is 9.59 Å². The number of rotatable bonds is 6. The quantitative estimate of drug-likeness (QED) is 0.789. The molecule has 0 saturated carbocycles. The van der Waals surface area contributed by atoms with Crippen molar-refractivity contribution in [3.05, 3.63) is 35.4 Å². The Morgan fingerprint density at radius 1 is 1.28 bits per heavy atom. The third-order valence-corrected chi connectivity index (χ3v) is 5.35. The van der Waals surface area contributed by atoms with Crippen molar-refractivity contribution in [2.75, 3.05) is 18.2 Å². The number of thioether (sulfide) groups is 1. The minimum Gasteiger partial charge on any atom is -0.352 e. The second-order valence-electron chi connectivity index (χ2n) is 6.41. The van der Waals surface area contributed by atoms with Crippen LogP contribution in [0.15, 0.2) is 24.3 Å². The van der Waals surface area contributed by atoms with E-state index in [9.17, 15) is 9.59 Å². The molecule has 2 rings (SSSR count). The molecule has 1 aliphatic heterocycles. The van der Waals surface area contributed by atoms with Crippen molar-refractivity contribution in [2.24, 2.45) is 5.73 Å². The van der Waals surface area contributed by atoms with Gasteiger partial charge in [0.2, 0.25) is 11.8 Å². The van der Waals surface area contributed by atoms with Crippen LogP contribution in [0.4, 0.5) is 0 Å². The zero-order valence-electron chi connectivity index (χ0n) is 15.0. The lowest BCUT2D eigenvalue weighted by Crippen LogP contribution is -2.48. The van der Waals surface area contributed by atoms with Crippen LogP contribution in [0.25, 0.3) is 0 Å². The number of carbonyl (C=O) groups excluding carboxylic acids is 2. The van der Waals surface area contributed by atoms with Gasteiger partial charge in [-0.05, 0) is 17.0 Å². The van der Waals surface area contributed by atoms with Crippen LogP contribution in [-0.2, 0) is 9.59 Å². The number of carbonyl (C=O) groups is 2. The Kier molecular flexibility index (Phi) is 8.76. The van der Waals surface area contributed by atoms with Crippen LogP contribution in [0.2, 0.25) is 0 Å². The minimum absolute atomic E-state index is 0. The zero-order chi connectivity index (χ0) is 17.7. The van der Waals surface area contributed by atoms with Gasteiger partial charge in [0.25, 0.3) is 0 Å². The summed E-state index contributed by atoms with van der Waals surface area (Å²) in [5.74, 6) is 1.63. The maximum Gasteiger partial charge on any atom is 0.243 e. The third kappa shape index (κ3) is 5.62. The summed E-state index contributed by atoms with van der Waals surface area (Å²) in [7, 11) is 0. The smallest absolute Gasteiger partial charge is 0.243 e. The number of benzene rings is 1. The van der Waals surface area contributed by atoms with Gasteiger partial charge < -0.3 is 16.0 Å². The molecule has 1 aromatic carbocycles. The Balaban J connectivity index is 0.00000312. The number of hydrogen-bond acceptors (Lipinski definition) is 4. The summed E-state index contributed by atoms with van der Waals surface area (Å²) in [6.45, 7) is 6.49. The first-order valence-corrected chi connectivity index (χ1v) is 9.59. The average Bonchev–Trinajstić information content (AvgIpc) is 3.08. The molecule has 25 heavy (non-hydrogen) atoms. The largest absolute Gasteiger partial charge is 0.352 e. The molecule has 1 aliphatic rings. The minimum atomic E-state index is -0.377. The van der Waals surface area contributed by atoms with Crippen LogP contribution in [0.3, 0.4) is 0 Å². The molecule has 0 bridgehead atoms. The fourth-order valence-electron chi connectivity index (χ4n) is 2.68. The van der Waals surface area contributed by atoms with Crippen molar-refractivity contribution >= 4 is 36.0 Å². The zero-order valence-corrected chi connectivity index (χ0v) is 16.7. The van der Waals surface area contributed by atoms with Crippen LogP contribution < -0.4 is 11.1 Å². The Morgan fingerprint density at radius 3 is 2.44 bits per heavy atom. The monoisotopic (exact) mass is 385 g/mol. The first kappa shape index (κ1) is 21.8. The Bertz CT molecular complexity index is 580. The van der Waals surface area contributed by atoms with Crippen molar-refractivity contribution in [1.29, 1.82) is 0 Å². The summed E-state index contributed by atoms with van der Waals surface area (Å²) in [4.78, 5) is 25.9. The van der Waals surface area contributed by atoms with E-state index >= 15 is 0 Å². The highest BCUT2D eigenvalue weighted by Gasteiger charge is 2.33. The van der Waals surface area contributed by atoms with Gasteiger partial charge in [0.15, 0.2) is 0 Å². The molecule has 0 aliphatic carbocycles. The predicted molar refractivity (Wildman–Crippen MR) is 106 cm³/mol. The molecule has 5 nitrogen and oxygen atoms in total. The maximum atomic E-state index is 12.4. The van der Waals surface area contributed by atoms with E-state index in [0.717, 1.165) is 5.56 Å². The van der Waals surface area contributed by atoms with Crippen molar-refractivity contribution in [3.63, 3.8) is 0 Å². The number of nitrogens with zero attached hydrogens (tertiary/aromatic N) is 1. The van der Waals surface area contributed by atoms with Crippen LogP contribution >= 0.6 is 24.2 Å². The predicted octanol–water partition coefficient (Wildman–Crippen LogP) is 2.66. The van der Waals surface area contributed by atoms with Gasteiger partial charge in [-0.2, -0.15) is 0 Å². The van der Waals surface area contributed by atoms with E-state index in [1.54, 1.807) is 16.7 Å². The molecular weight excluding hydrogens is 358 g/mol. The second-order valence-corrected chi connectivity index (χ2v) is 7.41. The average molecular weight is 386 g/mol. The van der Waals surface area contributed by atoms with E-state index in [1.165, 1.54) is 5.56 Å². The van der Waals surface area contributed by atoms with Crippen LogP contribution in [0.1, 0.15) is 50.3 Å². The normalized spacial score (nSPS) is 18.0. The molecule has 0 radical (unpaired) electrons. The van der Waals surface area contributed by atoms with E-state index in [2.05, 4.69) is 31.3 Å². The lowest BCUT2D eigenvalue weighted by molar-refractivity contribution is -0.137. The van der Waals surface area contributed by atoms with Crippen molar-refractivity contribution in [3.8, 4) is 0 Å². The van der Waals surface area contributed by atoms with Gasteiger partial charge in [-0.3, -0.25) is 9.59 Å². The Morgan fingerprint density at radius 2 is 1.88 bits per heavy atom. The van der Waals surface area contributed by atoms with Gasteiger partial charge in [-0.1, -0.05) is 45.0 Å². The standard InChI is InChI=1S/C18H27N3O2S.ClH/c1-4-17(22)21-11-24-10-16(21)18(23)20-9-15(19)14-7-5-13(6-8-14)12(2)3;/h5-8,12,15-16H,4,9-11,19H2,1-3H3,(H,20,23);1H. The molecule has 1 heterocycles. The van der Waals surface area contributed by atoms with E-state index in [4.69, 9.17) is 5.73 Å². The van der Waals surface area contributed by atoms with E-state index in [0.29, 0.717) is 30.5 Å². The molecule has 2 atom stereocenters. The summed E-state index contributed by atoms with van der Waals surface area (Å²) < 4.78 is 0. The highest BCUT2D eigenvalue weighted by molar-refractivity contribution is 7.99. The molecule has 2 unspecified atom stereocenters. The third-order valence-electron chi connectivity index (χ3n) is 4.34. The van der Waals surface area contributed by atoms with Crippen LogP contribution in [0.5, 0.6) is 0 Å². The second kappa shape index (κ2) is 10.0. The van der Waals surface area contributed by atoms with Crippen LogP contribution in [-0.4, -0.2) is 40.9 Å². The van der Waals surface area contributed by atoms with Gasteiger partial charge in [0, 0.05) is 24.8 Å². The number of halogens is 1. The molecule has 3 N–H and O–H groups in total. The summed E-state index contributed by atoms with van der Waals surface area (Å²) in [6.07, 6.45) is 0.423. The number of amides is 2. The molecule has 1 aromatic rings. The van der Waals surface area contributed by atoms with Gasteiger partial charge in [-0.25, -0.2) is 0 Å². The highest BCUT2D eigenvalue weighted by Crippen LogP contribution is 2.22. The lowest BCUT2D eigenvalue weighted by Gasteiger charge is -2.23.